The first-order valence-electron chi connectivity index (χ1n) is 9.98. The summed E-state index contributed by atoms with van der Waals surface area (Å²) in [6.07, 6.45) is 3.08. The topological polar surface area (TPSA) is 42.0 Å². The molecule has 0 saturated carbocycles. The monoisotopic (exact) mass is 380 g/mol. The Labute approximate surface area is 166 Å². The molecule has 2 aromatic rings. The number of likely N-dealkylation sites (tertiary alicyclic amines) is 1. The molecule has 28 heavy (non-hydrogen) atoms. The van der Waals surface area contributed by atoms with E-state index in [-0.39, 0.29) is 18.0 Å². The van der Waals surface area contributed by atoms with Crippen molar-refractivity contribution in [1.82, 2.24) is 4.90 Å². The van der Waals surface area contributed by atoms with Crippen LogP contribution in [0.25, 0.3) is 0 Å². The number of hydrogen-bond donors (Lipinski definition) is 0. The van der Waals surface area contributed by atoms with Gasteiger partial charge in [0.1, 0.15) is 0 Å². The number of carbonyl (C=O) groups is 1. The van der Waals surface area contributed by atoms with Crippen molar-refractivity contribution in [2.24, 2.45) is 0 Å². The lowest BCUT2D eigenvalue weighted by Gasteiger charge is -2.29. The van der Waals surface area contributed by atoms with Crippen LogP contribution < -0.4 is 14.4 Å². The number of fused-ring (bicyclic) bond motifs is 1. The second-order valence-corrected chi connectivity index (χ2v) is 7.69. The Hall–Kier alpha value is -2.53. The Morgan fingerprint density at radius 2 is 1.89 bits per heavy atom. The lowest BCUT2D eigenvalue weighted by Crippen LogP contribution is -2.43. The van der Waals surface area contributed by atoms with Crippen molar-refractivity contribution in [3.05, 3.63) is 53.6 Å². The Morgan fingerprint density at radius 3 is 2.68 bits per heavy atom. The lowest BCUT2D eigenvalue weighted by molar-refractivity contribution is -0.120. The van der Waals surface area contributed by atoms with Crippen molar-refractivity contribution in [3.8, 4) is 11.5 Å². The molecule has 2 aliphatic heterocycles. The first-order chi connectivity index (χ1) is 13.6. The third-order valence-corrected chi connectivity index (χ3v) is 5.97. The van der Waals surface area contributed by atoms with Gasteiger partial charge in [0.2, 0.25) is 5.91 Å². The summed E-state index contributed by atoms with van der Waals surface area (Å²) in [5.74, 6) is 1.65. The molecule has 1 amide bonds. The molecule has 148 valence electrons. The van der Waals surface area contributed by atoms with E-state index in [0.29, 0.717) is 6.54 Å². The van der Waals surface area contributed by atoms with Crippen LogP contribution in [-0.2, 0) is 11.2 Å². The number of rotatable bonds is 5. The maximum Gasteiger partial charge on any atom is 0.241 e. The zero-order valence-corrected chi connectivity index (χ0v) is 16.9. The molecule has 0 aliphatic carbocycles. The average molecular weight is 380 g/mol. The maximum absolute atomic E-state index is 13.2. The van der Waals surface area contributed by atoms with Crippen LogP contribution in [0.15, 0.2) is 42.5 Å². The zero-order chi connectivity index (χ0) is 19.7. The largest absolute Gasteiger partial charge is 0.493 e. The van der Waals surface area contributed by atoms with Gasteiger partial charge in [-0.1, -0.05) is 24.3 Å². The van der Waals surface area contributed by atoms with Crippen LogP contribution in [0.4, 0.5) is 5.69 Å². The van der Waals surface area contributed by atoms with E-state index in [1.165, 1.54) is 11.1 Å². The molecular weight excluding hydrogens is 352 g/mol. The van der Waals surface area contributed by atoms with Gasteiger partial charge in [0.15, 0.2) is 11.5 Å². The Kier molecular flexibility index (Phi) is 5.27. The summed E-state index contributed by atoms with van der Waals surface area (Å²) in [4.78, 5) is 17.5. The summed E-state index contributed by atoms with van der Waals surface area (Å²) in [5.41, 5.74) is 3.51. The van der Waals surface area contributed by atoms with E-state index in [4.69, 9.17) is 9.47 Å². The van der Waals surface area contributed by atoms with E-state index >= 15 is 0 Å². The highest BCUT2D eigenvalue weighted by Crippen LogP contribution is 2.37. The van der Waals surface area contributed by atoms with E-state index < -0.39 is 0 Å². The molecule has 2 heterocycles. The molecular formula is C23H28N2O3. The molecule has 1 saturated heterocycles. The second kappa shape index (κ2) is 7.84. The van der Waals surface area contributed by atoms with Gasteiger partial charge in [-0.15, -0.1) is 0 Å². The number of hydrogen-bond acceptors (Lipinski definition) is 4. The molecule has 2 atom stereocenters. The van der Waals surface area contributed by atoms with Gasteiger partial charge in [0, 0.05) is 17.8 Å². The Morgan fingerprint density at radius 1 is 1.11 bits per heavy atom. The van der Waals surface area contributed by atoms with Crippen LogP contribution in [0.1, 0.15) is 36.9 Å². The predicted octanol–water partition coefficient (Wildman–Crippen LogP) is 3.82. The SMILES string of the molecule is COc1ccc([C@@H]2CCCN2CC(=O)N2c3ccccc3C[C@@H]2C)cc1OC. The number of para-hydroxylation sites is 1. The van der Waals surface area contributed by atoms with Gasteiger partial charge in [0.25, 0.3) is 0 Å². The second-order valence-electron chi connectivity index (χ2n) is 7.69. The van der Waals surface area contributed by atoms with E-state index in [0.717, 1.165) is 43.0 Å². The van der Waals surface area contributed by atoms with Crippen LogP contribution in [0.2, 0.25) is 0 Å². The van der Waals surface area contributed by atoms with Gasteiger partial charge in [0.05, 0.1) is 20.8 Å². The predicted molar refractivity (Wildman–Crippen MR) is 110 cm³/mol. The van der Waals surface area contributed by atoms with Gasteiger partial charge in [-0.25, -0.2) is 0 Å². The number of benzene rings is 2. The smallest absolute Gasteiger partial charge is 0.241 e. The number of anilines is 1. The van der Waals surface area contributed by atoms with Gasteiger partial charge < -0.3 is 14.4 Å². The Balaban J connectivity index is 1.53. The summed E-state index contributed by atoms with van der Waals surface area (Å²) in [5, 5.41) is 0. The number of methoxy groups -OCH3 is 2. The van der Waals surface area contributed by atoms with E-state index in [9.17, 15) is 4.79 Å². The van der Waals surface area contributed by atoms with Gasteiger partial charge in [-0.05, 0) is 62.1 Å². The third kappa shape index (κ3) is 3.35. The van der Waals surface area contributed by atoms with Crippen LogP contribution in [0.3, 0.4) is 0 Å². The highest BCUT2D eigenvalue weighted by atomic mass is 16.5. The number of ether oxygens (including phenoxy) is 2. The lowest BCUT2D eigenvalue weighted by atomic mass is 10.0. The highest BCUT2D eigenvalue weighted by Gasteiger charge is 2.34. The molecule has 2 aliphatic rings. The van der Waals surface area contributed by atoms with Crippen molar-refractivity contribution in [2.45, 2.75) is 38.3 Å². The summed E-state index contributed by atoms with van der Waals surface area (Å²) in [6.45, 7) is 3.51. The summed E-state index contributed by atoms with van der Waals surface area (Å²) in [6, 6.07) is 14.8. The molecule has 1 fully saturated rings. The van der Waals surface area contributed by atoms with Gasteiger partial charge >= 0.3 is 0 Å². The fourth-order valence-electron chi connectivity index (χ4n) is 4.65. The molecule has 5 nitrogen and oxygen atoms in total. The first kappa shape index (κ1) is 18.8. The summed E-state index contributed by atoms with van der Waals surface area (Å²) < 4.78 is 10.8. The molecule has 0 bridgehead atoms. The van der Waals surface area contributed by atoms with Crippen molar-refractivity contribution in [1.29, 1.82) is 0 Å². The molecule has 4 rings (SSSR count). The first-order valence-corrected chi connectivity index (χ1v) is 9.98. The third-order valence-electron chi connectivity index (χ3n) is 5.97. The van der Waals surface area contributed by atoms with Gasteiger partial charge in [-0.2, -0.15) is 0 Å². The molecule has 0 aromatic heterocycles. The van der Waals surface area contributed by atoms with Crippen LogP contribution in [0.5, 0.6) is 11.5 Å². The minimum atomic E-state index is 0.185. The summed E-state index contributed by atoms with van der Waals surface area (Å²) in [7, 11) is 3.30. The van der Waals surface area contributed by atoms with E-state index in [1.807, 2.05) is 29.2 Å². The quantitative estimate of drug-likeness (QED) is 0.791. The molecule has 0 unspecified atom stereocenters. The average Bonchev–Trinajstić information content (AvgIpc) is 3.30. The minimum Gasteiger partial charge on any atom is -0.493 e. The van der Waals surface area contributed by atoms with Crippen molar-refractivity contribution in [3.63, 3.8) is 0 Å². The number of carbonyl (C=O) groups excluding carboxylic acids is 1. The molecule has 0 spiro atoms. The van der Waals surface area contributed by atoms with E-state index in [1.54, 1.807) is 14.2 Å². The number of amides is 1. The van der Waals surface area contributed by atoms with Gasteiger partial charge in [-0.3, -0.25) is 9.69 Å². The van der Waals surface area contributed by atoms with Crippen LogP contribution in [0, 0.1) is 0 Å². The highest BCUT2D eigenvalue weighted by molar-refractivity contribution is 5.97. The van der Waals surface area contributed by atoms with Crippen LogP contribution in [-0.4, -0.2) is 44.2 Å². The molecule has 0 N–H and O–H groups in total. The molecule has 2 aromatic carbocycles. The number of nitrogens with zero attached hydrogens (tertiary/aromatic N) is 2. The molecule has 0 radical (unpaired) electrons. The van der Waals surface area contributed by atoms with Crippen molar-refractivity contribution < 1.29 is 14.3 Å². The van der Waals surface area contributed by atoms with Crippen LogP contribution >= 0.6 is 0 Å². The molecule has 5 heteroatoms. The summed E-state index contributed by atoms with van der Waals surface area (Å²) >= 11 is 0. The Bertz CT molecular complexity index is 867. The van der Waals surface area contributed by atoms with E-state index in [2.05, 4.69) is 30.0 Å². The maximum atomic E-state index is 13.2. The zero-order valence-electron chi connectivity index (χ0n) is 16.9. The van der Waals surface area contributed by atoms with Crippen molar-refractivity contribution >= 4 is 11.6 Å². The normalized spacial score (nSPS) is 21.6. The standard InChI is InChI=1S/C23H28N2O3/c1-16-13-17-7-4-5-8-20(17)25(16)23(26)15-24-12-6-9-19(24)18-10-11-21(27-2)22(14-18)28-3/h4-5,7-8,10-11,14,16,19H,6,9,12-13,15H2,1-3H3/t16-,19-/m0/s1. The fourth-order valence-corrected chi connectivity index (χ4v) is 4.65. The minimum absolute atomic E-state index is 0.185. The van der Waals surface area contributed by atoms with Crippen molar-refractivity contribution in [2.75, 3.05) is 32.2 Å². The fraction of sp³-hybridized carbons (Fsp3) is 0.435.